The van der Waals surface area contributed by atoms with E-state index in [-0.39, 0.29) is 18.0 Å². The molecule has 0 radical (unpaired) electrons. The lowest BCUT2D eigenvalue weighted by Crippen LogP contribution is -2.34. The molecule has 0 aliphatic heterocycles. The van der Waals surface area contributed by atoms with Gasteiger partial charge in [-0.05, 0) is 6.07 Å². The van der Waals surface area contributed by atoms with Crippen LogP contribution < -0.4 is 5.32 Å². The molecule has 0 aromatic carbocycles. The number of hydrogen-bond donors (Lipinski definition) is 2. The van der Waals surface area contributed by atoms with Crippen molar-refractivity contribution in [3.8, 4) is 6.07 Å². The molecule has 0 spiro atoms. The van der Waals surface area contributed by atoms with Crippen LogP contribution in [0.1, 0.15) is 5.56 Å². The molecule has 0 aliphatic carbocycles. The number of nitriles is 1. The minimum Gasteiger partial charge on any atom is -0.480 e. The number of ether oxygens (including phenoxy) is 1. The summed E-state index contributed by atoms with van der Waals surface area (Å²) in [7, 11) is 1.30. The summed E-state index contributed by atoms with van der Waals surface area (Å²) in [6.45, 7) is -0.203. The Balaban J connectivity index is 3.17. The molecule has 1 atom stereocenters. The number of aliphatic carboxylic acids is 1. The number of carbonyl (C=O) groups is 1. The molecule has 100 valence electrons. The van der Waals surface area contributed by atoms with E-state index in [2.05, 4.69) is 15.0 Å². The van der Waals surface area contributed by atoms with Gasteiger partial charge in [-0.25, -0.2) is 9.78 Å². The Labute approximate surface area is 107 Å². The number of carboxylic acid groups (broad SMARTS) is 1. The first-order valence-electron chi connectivity index (χ1n) is 5.03. The van der Waals surface area contributed by atoms with Crippen LogP contribution in [0, 0.1) is 21.4 Å². The van der Waals surface area contributed by atoms with E-state index >= 15 is 0 Å². The minimum absolute atomic E-state index is 0.203. The van der Waals surface area contributed by atoms with Crippen LogP contribution >= 0.6 is 0 Å². The summed E-state index contributed by atoms with van der Waals surface area (Å²) in [5.41, 5.74) is -0.767. The summed E-state index contributed by atoms with van der Waals surface area (Å²) in [6, 6.07) is 1.62. The quantitative estimate of drug-likeness (QED) is 0.556. The van der Waals surface area contributed by atoms with Gasteiger partial charge in [0.1, 0.15) is 17.7 Å². The predicted octanol–water partition coefficient (Wildman–Crippen LogP) is 0.373. The molecule has 2 N–H and O–H groups in total. The third-order valence-corrected chi connectivity index (χ3v) is 2.17. The van der Waals surface area contributed by atoms with Crippen molar-refractivity contribution in [3.05, 3.63) is 27.9 Å². The molecule has 0 bridgehead atoms. The Morgan fingerprint density at radius 2 is 2.47 bits per heavy atom. The molecular weight excluding hydrogens is 256 g/mol. The molecular formula is C10H10N4O5. The maximum atomic E-state index is 10.9. The standard InChI is InChI=1S/C10H10N4O5/c1-19-5-7(10(15)16)13-9-8(14(17)18)6(4-11)2-3-12-9/h2-3,7H,5H2,1H3,(H,12,13)(H,15,16). The first kappa shape index (κ1) is 14.3. The van der Waals surface area contributed by atoms with Gasteiger partial charge in [0.25, 0.3) is 0 Å². The number of nitrogens with one attached hydrogen (secondary N) is 1. The number of rotatable bonds is 6. The Kier molecular flexibility index (Phi) is 4.73. The van der Waals surface area contributed by atoms with Crippen LogP contribution in [0.2, 0.25) is 0 Å². The molecule has 1 aromatic rings. The molecule has 9 heteroatoms. The van der Waals surface area contributed by atoms with Gasteiger partial charge in [0.05, 0.1) is 11.5 Å². The largest absolute Gasteiger partial charge is 0.480 e. The molecule has 0 fully saturated rings. The molecule has 9 nitrogen and oxygen atoms in total. The second kappa shape index (κ2) is 6.27. The van der Waals surface area contributed by atoms with Crippen LogP contribution in [0.15, 0.2) is 12.3 Å². The topological polar surface area (TPSA) is 138 Å². The molecule has 0 saturated carbocycles. The molecule has 0 aliphatic rings. The highest BCUT2D eigenvalue weighted by atomic mass is 16.6. The maximum Gasteiger partial charge on any atom is 0.328 e. The molecule has 1 rings (SSSR count). The third-order valence-electron chi connectivity index (χ3n) is 2.17. The van der Waals surface area contributed by atoms with Crippen molar-refractivity contribution in [1.82, 2.24) is 4.98 Å². The number of carboxylic acids is 1. The second-order valence-electron chi connectivity index (χ2n) is 3.42. The van der Waals surface area contributed by atoms with Gasteiger partial charge < -0.3 is 15.2 Å². The Morgan fingerprint density at radius 3 is 2.95 bits per heavy atom. The summed E-state index contributed by atoms with van der Waals surface area (Å²) in [5, 5.41) is 31.0. The van der Waals surface area contributed by atoms with Crippen LogP contribution in [0.25, 0.3) is 0 Å². The number of nitrogens with zero attached hydrogens (tertiary/aromatic N) is 3. The van der Waals surface area contributed by atoms with E-state index in [4.69, 9.17) is 10.4 Å². The Morgan fingerprint density at radius 1 is 1.79 bits per heavy atom. The van der Waals surface area contributed by atoms with Gasteiger partial charge in [0, 0.05) is 13.3 Å². The number of nitro groups is 1. The van der Waals surface area contributed by atoms with Gasteiger partial charge in [0.2, 0.25) is 5.82 Å². The SMILES string of the molecule is COCC(Nc1nccc(C#N)c1[N+](=O)[O-])C(=O)O. The monoisotopic (exact) mass is 266 g/mol. The summed E-state index contributed by atoms with van der Waals surface area (Å²) < 4.78 is 4.69. The molecule has 1 aromatic heterocycles. The first-order valence-corrected chi connectivity index (χ1v) is 5.03. The van der Waals surface area contributed by atoms with E-state index in [0.717, 1.165) is 0 Å². The van der Waals surface area contributed by atoms with E-state index in [0.29, 0.717) is 0 Å². The summed E-state index contributed by atoms with van der Waals surface area (Å²) in [6.07, 6.45) is 1.18. The zero-order valence-electron chi connectivity index (χ0n) is 9.86. The third kappa shape index (κ3) is 3.36. The van der Waals surface area contributed by atoms with Crippen LogP contribution in [0.4, 0.5) is 11.5 Å². The van der Waals surface area contributed by atoms with Crippen LogP contribution in [0.3, 0.4) is 0 Å². The molecule has 1 unspecified atom stereocenters. The van der Waals surface area contributed by atoms with Crippen molar-refractivity contribution in [2.24, 2.45) is 0 Å². The number of hydrogen-bond acceptors (Lipinski definition) is 7. The fraction of sp³-hybridized carbons (Fsp3) is 0.300. The van der Waals surface area contributed by atoms with E-state index in [1.807, 2.05) is 0 Å². The molecule has 0 saturated heterocycles. The van der Waals surface area contributed by atoms with Crippen LogP contribution in [-0.2, 0) is 9.53 Å². The van der Waals surface area contributed by atoms with Crippen molar-refractivity contribution in [1.29, 1.82) is 5.26 Å². The Bertz CT molecular complexity index is 539. The lowest BCUT2D eigenvalue weighted by Gasteiger charge is -2.14. The van der Waals surface area contributed by atoms with E-state index < -0.39 is 22.6 Å². The van der Waals surface area contributed by atoms with Crippen LogP contribution in [-0.4, -0.2) is 40.7 Å². The van der Waals surface area contributed by atoms with Gasteiger partial charge in [-0.2, -0.15) is 5.26 Å². The average molecular weight is 266 g/mol. The summed E-state index contributed by atoms with van der Waals surface area (Å²) >= 11 is 0. The predicted molar refractivity (Wildman–Crippen MR) is 62.5 cm³/mol. The van der Waals surface area contributed by atoms with Gasteiger partial charge in [0.15, 0.2) is 0 Å². The van der Waals surface area contributed by atoms with E-state index in [1.54, 1.807) is 6.07 Å². The zero-order chi connectivity index (χ0) is 14.4. The lowest BCUT2D eigenvalue weighted by atomic mass is 10.2. The molecule has 1 heterocycles. The van der Waals surface area contributed by atoms with Crippen molar-refractivity contribution < 1.29 is 19.6 Å². The fourth-order valence-corrected chi connectivity index (χ4v) is 1.34. The first-order chi connectivity index (χ1) is 9.01. The van der Waals surface area contributed by atoms with Gasteiger partial charge in [-0.1, -0.05) is 0 Å². The molecule has 0 amide bonds. The van der Waals surface area contributed by atoms with Crippen molar-refractivity contribution in [2.75, 3.05) is 19.0 Å². The normalized spacial score (nSPS) is 11.4. The minimum atomic E-state index is -1.25. The lowest BCUT2D eigenvalue weighted by molar-refractivity contribution is -0.384. The fourth-order valence-electron chi connectivity index (χ4n) is 1.34. The van der Waals surface area contributed by atoms with E-state index in [9.17, 15) is 14.9 Å². The van der Waals surface area contributed by atoms with E-state index in [1.165, 1.54) is 19.4 Å². The second-order valence-corrected chi connectivity index (χ2v) is 3.42. The number of pyridine rings is 1. The zero-order valence-corrected chi connectivity index (χ0v) is 9.86. The maximum absolute atomic E-state index is 10.9. The van der Waals surface area contributed by atoms with Crippen molar-refractivity contribution >= 4 is 17.5 Å². The number of aromatic nitrogens is 1. The summed E-state index contributed by atoms with van der Waals surface area (Å²) in [5.74, 6) is -1.53. The molecule has 19 heavy (non-hydrogen) atoms. The highest BCUT2D eigenvalue weighted by Gasteiger charge is 2.26. The number of anilines is 1. The highest BCUT2D eigenvalue weighted by Crippen LogP contribution is 2.26. The van der Waals surface area contributed by atoms with Crippen molar-refractivity contribution in [3.63, 3.8) is 0 Å². The average Bonchev–Trinajstić information content (AvgIpc) is 2.37. The van der Waals surface area contributed by atoms with Crippen LogP contribution in [0.5, 0.6) is 0 Å². The van der Waals surface area contributed by atoms with Gasteiger partial charge in [-0.3, -0.25) is 10.1 Å². The van der Waals surface area contributed by atoms with Gasteiger partial charge >= 0.3 is 11.7 Å². The summed E-state index contributed by atoms with van der Waals surface area (Å²) in [4.78, 5) is 24.7. The number of methoxy groups -OCH3 is 1. The van der Waals surface area contributed by atoms with Crippen molar-refractivity contribution in [2.45, 2.75) is 6.04 Å². The smallest absolute Gasteiger partial charge is 0.328 e. The highest BCUT2D eigenvalue weighted by molar-refractivity contribution is 5.79. The Hall–Kier alpha value is -2.73. The van der Waals surface area contributed by atoms with Gasteiger partial charge in [-0.15, -0.1) is 0 Å².